The molecule has 0 aromatic heterocycles. The minimum absolute atomic E-state index is 0.0672. The maximum Gasteiger partial charge on any atom is 0.429 e. The highest BCUT2D eigenvalue weighted by atomic mass is 19.4. The van der Waals surface area contributed by atoms with Crippen molar-refractivity contribution in [3.05, 3.63) is 119 Å². The van der Waals surface area contributed by atoms with Crippen molar-refractivity contribution in [2.24, 2.45) is 0 Å². The lowest BCUT2D eigenvalue weighted by Gasteiger charge is -2.20. The van der Waals surface area contributed by atoms with E-state index in [0.29, 0.717) is 29.7 Å². The summed E-state index contributed by atoms with van der Waals surface area (Å²) >= 11 is 0. The van der Waals surface area contributed by atoms with Crippen LogP contribution >= 0.6 is 0 Å². The molecule has 0 atom stereocenters. The summed E-state index contributed by atoms with van der Waals surface area (Å²) in [7, 11) is 0. The first-order chi connectivity index (χ1) is 21.6. The molecular weight excluding hydrogens is 637 g/mol. The largest absolute Gasteiger partial charge is 0.429 e. The molecule has 13 heteroatoms. The van der Waals surface area contributed by atoms with Gasteiger partial charge in [-0.05, 0) is 41.3 Å². The minimum atomic E-state index is -5.45. The highest BCUT2D eigenvalue weighted by Gasteiger charge is 2.41. The first-order valence-electron chi connectivity index (χ1n) is 13.6. The number of halogens is 11. The number of hydrogen-bond acceptors (Lipinski definition) is 2. The number of hydrogen-bond donors (Lipinski definition) is 0. The van der Waals surface area contributed by atoms with Crippen LogP contribution in [0.2, 0.25) is 0 Å². The van der Waals surface area contributed by atoms with Gasteiger partial charge in [0.15, 0.2) is 11.7 Å². The predicted octanol–water partition coefficient (Wildman–Crippen LogP) is 11.1. The average molecular weight is 661 g/mol. The quantitative estimate of drug-likeness (QED) is 0.118. The molecule has 0 spiro atoms. The van der Waals surface area contributed by atoms with Crippen LogP contribution in [-0.2, 0) is 17.0 Å². The predicted molar refractivity (Wildman–Crippen MR) is 148 cm³/mol. The molecule has 0 aliphatic heterocycles. The molecule has 46 heavy (non-hydrogen) atoms. The van der Waals surface area contributed by atoms with Crippen molar-refractivity contribution >= 4 is 5.83 Å². The molecule has 0 N–H and O–H groups in total. The molecule has 4 aromatic carbocycles. The van der Waals surface area contributed by atoms with Crippen LogP contribution in [0.15, 0.2) is 78.6 Å². The van der Waals surface area contributed by atoms with Gasteiger partial charge in [-0.25, -0.2) is 26.3 Å². The van der Waals surface area contributed by atoms with Crippen LogP contribution in [0.5, 0.6) is 5.75 Å². The van der Waals surface area contributed by atoms with Gasteiger partial charge in [-0.2, -0.15) is 22.0 Å². The molecule has 4 rings (SSSR count). The van der Waals surface area contributed by atoms with Crippen molar-refractivity contribution in [2.45, 2.75) is 32.1 Å². The van der Waals surface area contributed by atoms with Crippen LogP contribution in [0.3, 0.4) is 0 Å². The SMILES string of the molecule is CCCCOC/C(F)=C(\F)c1ccc(-c2ccc(-c3ccc(C(F)(F)Oc4cc(F)c(C(F)(F)F)c(F)c4)c(F)c3)c(F)c2)cc1. The van der Waals surface area contributed by atoms with Gasteiger partial charge in [0.25, 0.3) is 0 Å². The topological polar surface area (TPSA) is 18.5 Å². The highest BCUT2D eigenvalue weighted by Crippen LogP contribution is 2.39. The second-order valence-corrected chi connectivity index (χ2v) is 9.97. The molecule has 244 valence electrons. The van der Waals surface area contributed by atoms with Crippen molar-refractivity contribution in [3.8, 4) is 28.0 Å². The molecule has 0 heterocycles. The van der Waals surface area contributed by atoms with Crippen LogP contribution in [-0.4, -0.2) is 13.2 Å². The third kappa shape index (κ3) is 7.87. The van der Waals surface area contributed by atoms with Gasteiger partial charge in [0.1, 0.15) is 41.2 Å². The summed E-state index contributed by atoms with van der Waals surface area (Å²) in [5.41, 5.74) is -3.51. The van der Waals surface area contributed by atoms with E-state index in [-0.39, 0.29) is 35.4 Å². The fourth-order valence-electron chi connectivity index (χ4n) is 4.37. The van der Waals surface area contributed by atoms with Gasteiger partial charge in [0.05, 0.1) is 5.56 Å². The summed E-state index contributed by atoms with van der Waals surface area (Å²) in [6, 6.07) is 10.8. The van der Waals surface area contributed by atoms with E-state index in [1.807, 2.05) is 6.92 Å². The molecule has 2 nitrogen and oxygen atoms in total. The molecular formula is C33H23F11O2. The van der Waals surface area contributed by atoms with Crippen molar-refractivity contribution in [2.75, 3.05) is 13.2 Å². The van der Waals surface area contributed by atoms with Gasteiger partial charge in [0.2, 0.25) is 0 Å². The molecule has 0 saturated carbocycles. The van der Waals surface area contributed by atoms with Crippen LogP contribution in [0.4, 0.5) is 48.3 Å². The number of ether oxygens (including phenoxy) is 2. The molecule has 0 fully saturated rings. The van der Waals surface area contributed by atoms with Crippen molar-refractivity contribution in [3.63, 3.8) is 0 Å². The van der Waals surface area contributed by atoms with E-state index in [1.54, 1.807) is 0 Å². The molecule has 0 saturated heterocycles. The van der Waals surface area contributed by atoms with Crippen LogP contribution in [0, 0.1) is 23.3 Å². The Balaban J connectivity index is 1.52. The maximum absolute atomic E-state index is 15.1. The third-order valence-corrected chi connectivity index (χ3v) is 6.69. The normalized spacial score (nSPS) is 12.7. The number of alkyl halides is 5. The van der Waals surface area contributed by atoms with E-state index in [9.17, 15) is 43.9 Å². The van der Waals surface area contributed by atoms with E-state index in [4.69, 9.17) is 4.74 Å². The fraction of sp³-hybridized carbons (Fsp3) is 0.212. The second kappa shape index (κ2) is 13.9. The molecule has 0 bridgehead atoms. The molecule has 0 radical (unpaired) electrons. The molecule has 0 aliphatic carbocycles. The van der Waals surface area contributed by atoms with E-state index in [1.165, 1.54) is 36.4 Å². The Labute approximate surface area is 255 Å². The minimum Gasteiger partial charge on any atom is -0.429 e. The Morgan fingerprint density at radius 2 is 1.26 bits per heavy atom. The molecule has 0 unspecified atom stereocenters. The van der Waals surface area contributed by atoms with Gasteiger partial charge in [-0.3, -0.25) is 0 Å². The van der Waals surface area contributed by atoms with Gasteiger partial charge in [-0.15, -0.1) is 0 Å². The maximum atomic E-state index is 15.1. The number of benzene rings is 4. The lowest BCUT2D eigenvalue weighted by Crippen LogP contribution is -2.24. The summed E-state index contributed by atoms with van der Waals surface area (Å²) < 4.78 is 163. The van der Waals surface area contributed by atoms with E-state index in [2.05, 4.69) is 4.74 Å². The highest BCUT2D eigenvalue weighted by molar-refractivity contribution is 5.73. The van der Waals surface area contributed by atoms with Crippen LogP contribution < -0.4 is 4.74 Å². The number of unbranched alkanes of at least 4 members (excludes halogenated alkanes) is 1. The third-order valence-electron chi connectivity index (χ3n) is 6.69. The van der Waals surface area contributed by atoms with Gasteiger partial charge < -0.3 is 9.47 Å². The van der Waals surface area contributed by atoms with E-state index >= 15 is 4.39 Å². The van der Waals surface area contributed by atoms with Crippen molar-refractivity contribution < 1.29 is 57.8 Å². The summed E-state index contributed by atoms with van der Waals surface area (Å²) in [4.78, 5) is 0. The Kier molecular flexibility index (Phi) is 10.4. The van der Waals surface area contributed by atoms with Crippen molar-refractivity contribution in [1.82, 2.24) is 0 Å². The van der Waals surface area contributed by atoms with Crippen LogP contribution in [0.25, 0.3) is 28.1 Å². The first-order valence-corrected chi connectivity index (χ1v) is 13.6. The standard InChI is InChI=1S/C33H23F11O2/c1-2-3-12-45-17-29(38)31(39)19-6-4-18(5-7-19)20-8-10-23(25(34)13-20)21-9-11-24(26(35)14-21)33(43,44)46-22-15-27(36)30(28(37)16-22)32(40,41)42/h4-11,13-16H,2-3,12,17H2,1H3/b31-29+. The zero-order valence-corrected chi connectivity index (χ0v) is 23.7. The summed E-state index contributed by atoms with van der Waals surface area (Å²) in [6.07, 6.45) is -8.52. The Morgan fingerprint density at radius 1 is 0.674 bits per heavy atom. The van der Waals surface area contributed by atoms with Gasteiger partial charge >= 0.3 is 12.3 Å². The fourth-order valence-corrected chi connectivity index (χ4v) is 4.37. The summed E-state index contributed by atoms with van der Waals surface area (Å²) in [6.45, 7) is 1.68. The molecule has 0 aliphatic rings. The Morgan fingerprint density at radius 3 is 1.83 bits per heavy atom. The Bertz CT molecular complexity index is 1710. The smallest absolute Gasteiger partial charge is 0.429 e. The van der Waals surface area contributed by atoms with Gasteiger partial charge in [-0.1, -0.05) is 55.8 Å². The zero-order chi connectivity index (χ0) is 33.8. The first kappa shape index (κ1) is 34.5. The van der Waals surface area contributed by atoms with E-state index in [0.717, 1.165) is 18.6 Å². The average Bonchev–Trinajstić information content (AvgIpc) is 2.97. The molecule has 4 aromatic rings. The summed E-state index contributed by atoms with van der Waals surface area (Å²) in [5.74, 6) is -10.5. The number of rotatable bonds is 11. The second-order valence-electron chi connectivity index (χ2n) is 9.97. The monoisotopic (exact) mass is 660 g/mol. The lowest BCUT2D eigenvalue weighted by molar-refractivity contribution is -0.187. The Hall–Kier alpha value is -4.39. The lowest BCUT2D eigenvalue weighted by atomic mass is 9.98. The van der Waals surface area contributed by atoms with Gasteiger partial charge in [0, 0.05) is 29.9 Å². The van der Waals surface area contributed by atoms with Crippen LogP contribution in [0.1, 0.15) is 36.5 Å². The zero-order valence-electron chi connectivity index (χ0n) is 23.7. The van der Waals surface area contributed by atoms with E-state index < -0.39 is 70.7 Å². The molecule has 0 amide bonds. The summed E-state index contributed by atoms with van der Waals surface area (Å²) in [5, 5.41) is 0. The van der Waals surface area contributed by atoms with Crippen molar-refractivity contribution in [1.29, 1.82) is 0 Å².